The third kappa shape index (κ3) is 1.10. The van der Waals surface area contributed by atoms with Gasteiger partial charge in [-0.05, 0) is 33.9 Å². The molecule has 0 aromatic carbocycles. The molecule has 0 aliphatic heterocycles. The summed E-state index contributed by atoms with van der Waals surface area (Å²) in [6, 6.07) is 0.387. The minimum atomic E-state index is -0.413. The molecule has 54 valence electrons. The molecule has 0 heterocycles. The first kappa shape index (κ1) is 7.03. The first-order valence-electron chi connectivity index (χ1n) is 3.43. The van der Waals surface area contributed by atoms with Crippen molar-refractivity contribution in [2.24, 2.45) is 0 Å². The Kier molecular flexibility index (Phi) is 1.53. The summed E-state index contributed by atoms with van der Waals surface area (Å²) in [4.78, 5) is 2.09. The second-order valence-electron chi connectivity index (χ2n) is 3.38. The zero-order valence-electron chi connectivity index (χ0n) is 6.39. The number of rotatable bonds is 1. The van der Waals surface area contributed by atoms with E-state index in [1.807, 2.05) is 21.0 Å². The quantitative estimate of drug-likeness (QED) is 0.556. The summed E-state index contributed by atoms with van der Waals surface area (Å²) in [5, 5.41) is 9.50. The molecule has 1 N–H and O–H groups in total. The number of hydrogen-bond donors (Lipinski definition) is 1. The van der Waals surface area contributed by atoms with Crippen LogP contribution < -0.4 is 0 Å². The first-order valence-corrected chi connectivity index (χ1v) is 3.43. The maximum atomic E-state index is 9.50. The van der Waals surface area contributed by atoms with Crippen LogP contribution >= 0.6 is 0 Å². The molecule has 1 rings (SSSR count). The molecule has 0 radical (unpaired) electrons. The highest BCUT2D eigenvalue weighted by molar-refractivity contribution is 4.97. The molecule has 1 fully saturated rings. The standard InChI is InChI=1S/C7H15NO/c1-7(9)5-4-6(7)8(2)3/h6,9H,4-5H2,1-3H3. The Bertz CT molecular complexity index is 109. The highest BCUT2D eigenvalue weighted by atomic mass is 16.3. The minimum Gasteiger partial charge on any atom is -0.389 e. The summed E-state index contributed by atoms with van der Waals surface area (Å²) >= 11 is 0. The Morgan fingerprint density at radius 3 is 2.11 bits per heavy atom. The summed E-state index contributed by atoms with van der Waals surface area (Å²) < 4.78 is 0. The summed E-state index contributed by atoms with van der Waals surface area (Å²) in [7, 11) is 4.02. The molecular weight excluding hydrogens is 114 g/mol. The summed E-state index contributed by atoms with van der Waals surface area (Å²) in [6.07, 6.45) is 2.09. The average molecular weight is 129 g/mol. The van der Waals surface area contributed by atoms with Crippen molar-refractivity contribution in [2.75, 3.05) is 14.1 Å². The van der Waals surface area contributed by atoms with Crippen LogP contribution in [0, 0.1) is 0 Å². The second kappa shape index (κ2) is 1.96. The molecule has 0 aromatic rings. The summed E-state index contributed by atoms with van der Waals surface area (Å²) in [6.45, 7) is 1.90. The van der Waals surface area contributed by atoms with Crippen molar-refractivity contribution in [3.05, 3.63) is 0 Å². The number of likely N-dealkylation sites (N-methyl/N-ethyl adjacent to an activating group) is 1. The Morgan fingerprint density at radius 1 is 1.56 bits per heavy atom. The van der Waals surface area contributed by atoms with Crippen molar-refractivity contribution in [3.63, 3.8) is 0 Å². The van der Waals surface area contributed by atoms with Crippen LogP contribution in [0.5, 0.6) is 0 Å². The van der Waals surface area contributed by atoms with Crippen LogP contribution in [0.1, 0.15) is 19.8 Å². The molecule has 2 atom stereocenters. The zero-order valence-corrected chi connectivity index (χ0v) is 6.39. The molecular formula is C7H15NO. The van der Waals surface area contributed by atoms with Crippen LogP contribution in [-0.2, 0) is 0 Å². The van der Waals surface area contributed by atoms with Gasteiger partial charge in [-0.15, -0.1) is 0 Å². The summed E-state index contributed by atoms with van der Waals surface area (Å²) in [5.41, 5.74) is -0.413. The Hall–Kier alpha value is -0.0800. The maximum Gasteiger partial charge on any atom is 0.0774 e. The molecule has 1 aliphatic carbocycles. The van der Waals surface area contributed by atoms with Crippen LogP contribution in [0.25, 0.3) is 0 Å². The first-order chi connectivity index (χ1) is 4.04. The van der Waals surface area contributed by atoms with Crippen molar-refractivity contribution < 1.29 is 5.11 Å². The normalized spacial score (nSPS) is 43.0. The smallest absolute Gasteiger partial charge is 0.0774 e. The monoisotopic (exact) mass is 129 g/mol. The number of nitrogens with zero attached hydrogens (tertiary/aromatic N) is 1. The fourth-order valence-electron chi connectivity index (χ4n) is 1.51. The SMILES string of the molecule is CN(C)C1CCC1(C)O. The van der Waals surface area contributed by atoms with E-state index in [1.165, 1.54) is 0 Å². The molecule has 1 saturated carbocycles. The van der Waals surface area contributed by atoms with E-state index in [0.717, 1.165) is 12.8 Å². The predicted molar refractivity (Wildman–Crippen MR) is 37.3 cm³/mol. The Labute approximate surface area is 56.5 Å². The number of aliphatic hydroxyl groups is 1. The van der Waals surface area contributed by atoms with Gasteiger partial charge in [-0.3, -0.25) is 0 Å². The fraction of sp³-hybridized carbons (Fsp3) is 1.00. The fourth-order valence-corrected chi connectivity index (χ4v) is 1.51. The van der Waals surface area contributed by atoms with Gasteiger partial charge in [0.1, 0.15) is 0 Å². The van der Waals surface area contributed by atoms with Crippen LogP contribution in [-0.4, -0.2) is 35.7 Å². The van der Waals surface area contributed by atoms with E-state index in [-0.39, 0.29) is 0 Å². The van der Waals surface area contributed by atoms with Crippen LogP contribution in [0.2, 0.25) is 0 Å². The van der Waals surface area contributed by atoms with Gasteiger partial charge < -0.3 is 10.0 Å². The largest absolute Gasteiger partial charge is 0.389 e. The summed E-state index contributed by atoms with van der Waals surface area (Å²) in [5.74, 6) is 0. The molecule has 0 saturated heterocycles. The molecule has 0 amide bonds. The topological polar surface area (TPSA) is 23.5 Å². The van der Waals surface area contributed by atoms with Crippen LogP contribution in [0.3, 0.4) is 0 Å². The lowest BCUT2D eigenvalue weighted by atomic mass is 9.76. The lowest BCUT2D eigenvalue weighted by Gasteiger charge is -2.46. The van der Waals surface area contributed by atoms with Gasteiger partial charge in [0.15, 0.2) is 0 Å². The van der Waals surface area contributed by atoms with Gasteiger partial charge in [-0.25, -0.2) is 0 Å². The van der Waals surface area contributed by atoms with E-state index in [2.05, 4.69) is 4.90 Å². The molecule has 2 unspecified atom stereocenters. The van der Waals surface area contributed by atoms with Gasteiger partial charge in [-0.2, -0.15) is 0 Å². The minimum absolute atomic E-state index is 0.387. The van der Waals surface area contributed by atoms with E-state index < -0.39 is 5.60 Å². The van der Waals surface area contributed by atoms with Gasteiger partial charge >= 0.3 is 0 Å². The Morgan fingerprint density at radius 2 is 2.11 bits per heavy atom. The molecule has 2 heteroatoms. The average Bonchev–Trinajstić information content (AvgIpc) is 1.62. The van der Waals surface area contributed by atoms with Gasteiger partial charge in [0.25, 0.3) is 0 Å². The van der Waals surface area contributed by atoms with Crippen molar-refractivity contribution in [1.29, 1.82) is 0 Å². The second-order valence-corrected chi connectivity index (χ2v) is 3.38. The maximum absolute atomic E-state index is 9.50. The Balaban J connectivity index is 2.45. The predicted octanol–water partition coefficient (Wildman–Crippen LogP) is 0.461. The lowest BCUT2D eigenvalue weighted by molar-refractivity contribution is -0.0889. The van der Waals surface area contributed by atoms with Crippen molar-refractivity contribution >= 4 is 0 Å². The third-order valence-corrected chi connectivity index (χ3v) is 2.27. The van der Waals surface area contributed by atoms with Crippen molar-refractivity contribution in [3.8, 4) is 0 Å². The van der Waals surface area contributed by atoms with Crippen LogP contribution in [0.15, 0.2) is 0 Å². The molecule has 0 spiro atoms. The zero-order chi connectivity index (χ0) is 7.07. The van der Waals surface area contributed by atoms with Gasteiger partial charge in [0, 0.05) is 6.04 Å². The van der Waals surface area contributed by atoms with E-state index in [9.17, 15) is 5.11 Å². The molecule has 1 aliphatic rings. The van der Waals surface area contributed by atoms with Gasteiger partial charge in [0.2, 0.25) is 0 Å². The van der Waals surface area contributed by atoms with Crippen LogP contribution in [0.4, 0.5) is 0 Å². The molecule has 9 heavy (non-hydrogen) atoms. The number of hydrogen-bond acceptors (Lipinski definition) is 2. The van der Waals surface area contributed by atoms with E-state index in [4.69, 9.17) is 0 Å². The highest BCUT2D eigenvalue weighted by Crippen LogP contribution is 2.34. The third-order valence-electron chi connectivity index (χ3n) is 2.27. The highest BCUT2D eigenvalue weighted by Gasteiger charge is 2.41. The molecule has 0 aromatic heterocycles. The molecule has 0 bridgehead atoms. The van der Waals surface area contributed by atoms with Crippen molar-refractivity contribution in [2.45, 2.75) is 31.4 Å². The van der Waals surface area contributed by atoms with E-state index in [0.29, 0.717) is 6.04 Å². The van der Waals surface area contributed by atoms with E-state index in [1.54, 1.807) is 0 Å². The van der Waals surface area contributed by atoms with Gasteiger partial charge in [0.05, 0.1) is 5.60 Å². The molecule has 2 nitrogen and oxygen atoms in total. The van der Waals surface area contributed by atoms with Gasteiger partial charge in [-0.1, -0.05) is 0 Å². The van der Waals surface area contributed by atoms with E-state index >= 15 is 0 Å². The van der Waals surface area contributed by atoms with Crippen molar-refractivity contribution in [1.82, 2.24) is 4.90 Å². The lowest BCUT2D eigenvalue weighted by Crippen LogP contribution is -2.56.